The van der Waals surface area contributed by atoms with Crippen LogP contribution in [-0.4, -0.2) is 16.7 Å². The summed E-state index contributed by atoms with van der Waals surface area (Å²) in [5, 5.41) is 0. The number of ether oxygens (including phenoxy) is 1. The van der Waals surface area contributed by atoms with Crippen molar-refractivity contribution < 1.29 is 4.74 Å². The lowest BCUT2D eigenvalue weighted by molar-refractivity contribution is 0.414. The Morgan fingerprint density at radius 3 is 2.53 bits per heavy atom. The van der Waals surface area contributed by atoms with Crippen molar-refractivity contribution in [3.05, 3.63) is 42.5 Å². The fraction of sp³-hybridized carbons (Fsp3) is 0.400. The van der Waals surface area contributed by atoms with E-state index in [1.807, 2.05) is 35.0 Å². The molecule has 0 bridgehead atoms. The van der Waals surface area contributed by atoms with Gasteiger partial charge in [-0.15, -0.1) is 0 Å². The highest BCUT2D eigenvalue weighted by molar-refractivity contribution is 5.39. The van der Waals surface area contributed by atoms with E-state index in [1.54, 1.807) is 13.4 Å². The Hall–Kier alpha value is -1.81. The van der Waals surface area contributed by atoms with Crippen LogP contribution in [0.25, 0.3) is 5.69 Å². The van der Waals surface area contributed by atoms with Gasteiger partial charge < -0.3 is 15.0 Å². The van der Waals surface area contributed by atoms with Gasteiger partial charge in [-0.1, -0.05) is 13.8 Å². The number of nitrogens with zero attached hydrogens (tertiary/aromatic N) is 2. The summed E-state index contributed by atoms with van der Waals surface area (Å²) in [5.74, 6) is 1.41. The first-order valence-corrected chi connectivity index (χ1v) is 6.54. The summed E-state index contributed by atoms with van der Waals surface area (Å²) in [6, 6.07) is 7.89. The van der Waals surface area contributed by atoms with Crippen molar-refractivity contribution >= 4 is 0 Å². The second-order valence-corrected chi connectivity index (χ2v) is 5.12. The first kappa shape index (κ1) is 13.6. The zero-order valence-corrected chi connectivity index (χ0v) is 11.7. The van der Waals surface area contributed by atoms with Gasteiger partial charge in [0.25, 0.3) is 0 Å². The van der Waals surface area contributed by atoms with Crippen molar-refractivity contribution in [2.45, 2.75) is 26.3 Å². The minimum absolute atomic E-state index is 0.00426. The molecule has 0 spiro atoms. The van der Waals surface area contributed by atoms with Crippen molar-refractivity contribution in [2.75, 3.05) is 7.11 Å². The van der Waals surface area contributed by atoms with E-state index in [9.17, 15) is 0 Å². The summed E-state index contributed by atoms with van der Waals surface area (Å²) in [6.45, 7) is 4.35. The number of rotatable bonds is 5. The highest BCUT2D eigenvalue weighted by Gasteiger charge is 2.14. The molecule has 2 rings (SSSR count). The Morgan fingerprint density at radius 2 is 1.95 bits per heavy atom. The minimum Gasteiger partial charge on any atom is -0.497 e. The van der Waals surface area contributed by atoms with E-state index in [1.165, 1.54) is 0 Å². The number of hydrogen-bond acceptors (Lipinski definition) is 3. The first-order chi connectivity index (χ1) is 9.11. The van der Waals surface area contributed by atoms with Crippen molar-refractivity contribution in [2.24, 2.45) is 11.7 Å². The predicted octanol–water partition coefficient (Wildman–Crippen LogP) is 2.93. The zero-order valence-electron chi connectivity index (χ0n) is 11.7. The van der Waals surface area contributed by atoms with Crippen LogP contribution in [0.15, 0.2) is 36.8 Å². The number of benzene rings is 1. The van der Waals surface area contributed by atoms with Gasteiger partial charge in [0.15, 0.2) is 0 Å². The molecule has 0 aliphatic carbocycles. The van der Waals surface area contributed by atoms with Crippen LogP contribution in [0, 0.1) is 5.92 Å². The second-order valence-electron chi connectivity index (χ2n) is 5.12. The van der Waals surface area contributed by atoms with Gasteiger partial charge in [-0.05, 0) is 36.6 Å². The van der Waals surface area contributed by atoms with Crippen LogP contribution in [-0.2, 0) is 0 Å². The molecule has 2 N–H and O–H groups in total. The Kier molecular flexibility index (Phi) is 4.22. The van der Waals surface area contributed by atoms with Crippen LogP contribution >= 0.6 is 0 Å². The van der Waals surface area contributed by atoms with Gasteiger partial charge >= 0.3 is 0 Å². The van der Waals surface area contributed by atoms with Gasteiger partial charge in [0.2, 0.25) is 0 Å². The molecule has 4 nitrogen and oxygen atoms in total. The lowest BCUT2D eigenvalue weighted by atomic mass is 10.0. The number of imidazole rings is 1. The quantitative estimate of drug-likeness (QED) is 0.898. The maximum Gasteiger partial charge on any atom is 0.119 e. The average molecular weight is 259 g/mol. The minimum atomic E-state index is 0.00426. The number of hydrogen-bond donors (Lipinski definition) is 1. The smallest absolute Gasteiger partial charge is 0.119 e. The summed E-state index contributed by atoms with van der Waals surface area (Å²) in [6.07, 6.45) is 4.59. The Balaban J connectivity index is 2.27. The third-order valence-corrected chi connectivity index (χ3v) is 3.12. The van der Waals surface area contributed by atoms with E-state index in [2.05, 4.69) is 18.8 Å². The molecular formula is C15H21N3O. The molecule has 102 valence electrons. The molecule has 19 heavy (non-hydrogen) atoms. The van der Waals surface area contributed by atoms with Crippen molar-refractivity contribution in [1.82, 2.24) is 9.55 Å². The summed E-state index contributed by atoms with van der Waals surface area (Å²) in [4.78, 5) is 4.22. The summed E-state index contributed by atoms with van der Waals surface area (Å²) in [7, 11) is 1.66. The van der Waals surface area contributed by atoms with E-state index in [4.69, 9.17) is 10.5 Å². The molecule has 0 aliphatic rings. The van der Waals surface area contributed by atoms with Gasteiger partial charge in [-0.3, -0.25) is 0 Å². The van der Waals surface area contributed by atoms with Crippen LogP contribution in [0.3, 0.4) is 0 Å². The summed E-state index contributed by atoms with van der Waals surface area (Å²) in [5.41, 5.74) is 8.34. The molecule has 2 aromatic rings. The molecule has 1 unspecified atom stereocenters. The highest BCUT2D eigenvalue weighted by atomic mass is 16.5. The average Bonchev–Trinajstić information content (AvgIpc) is 2.87. The van der Waals surface area contributed by atoms with Gasteiger partial charge in [0.1, 0.15) is 5.75 Å². The van der Waals surface area contributed by atoms with E-state index in [0.717, 1.165) is 23.6 Å². The second kappa shape index (κ2) is 5.89. The van der Waals surface area contributed by atoms with Crippen molar-refractivity contribution in [3.63, 3.8) is 0 Å². The number of aromatic nitrogens is 2. The van der Waals surface area contributed by atoms with E-state index in [0.29, 0.717) is 5.92 Å². The Labute approximate surface area is 114 Å². The molecule has 0 saturated heterocycles. The SMILES string of the molecule is COc1ccc(-n2cncc2C(N)CC(C)C)cc1. The van der Waals surface area contributed by atoms with Crippen LogP contribution in [0.2, 0.25) is 0 Å². The van der Waals surface area contributed by atoms with Crippen LogP contribution in [0.1, 0.15) is 32.0 Å². The molecule has 1 aromatic carbocycles. The lowest BCUT2D eigenvalue weighted by Crippen LogP contribution is -2.16. The number of nitrogens with two attached hydrogens (primary N) is 1. The molecule has 1 heterocycles. The van der Waals surface area contributed by atoms with E-state index < -0.39 is 0 Å². The largest absolute Gasteiger partial charge is 0.497 e. The summed E-state index contributed by atoms with van der Waals surface area (Å²) >= 11 is 0. The molecular weight excluding hydrogens is 238 g/mol. The predicted molar refractivity (Wildman–Crippen MR) is 76.5 cm³/mol. The molecule has 1 atom stereocenters. The Morgan fingerprint density at radius 1 is 1.26 bits per heavy atom. The monoisotopic (exact) mass is 259 g/mol. The molecule has 0 radical (unpaired) electrons. The van der Waals surface area contributed by atoms with Gasteiger partial charge in [-0.2, -0.15) is 0 Å². The Bertz CT molecular complexity index is 516. The third-order valence-electron chi connectivity index (χ3n) is 3.12. The molecule has 0 amide bonds. The molecule has 0 fully saturated rings. The van der Waals surface area contributed by atoms with Crippen LogP contribution in [0.4, 0.5) is 0 Å². The topological polar surface area (TPSA) is 53.1 Å². The fourth-order valence-electron chi connectivity index (χ4n) is 2.17. The maximum absolute atomic E-state index is 6.25. The normalized spacial score (nSPS) is 12.7. The number of methoxy groups -OCH3 is 1. The third kappa shape index (κ3) is 3.15. The van der Waals surface area contributed by atoms with E-state index in [-0.39, 0.29) is 6.04 Å². The lowest BCUT2D eigenvalue weighted by Gasteiger charge is -2.16. The fourth-order valence-corrected chi connectivity index (χ4v) is 2.17. The zero-order chi connectivity index (χ0) is 13.8. The molecule has 0 aliphatic heterocycles. The first-order valence-electron chi connectivity index (χ1n) is 6.54. The summed E-state index contributed by atoms with van der Waals surface area (Å²) < 4.78 is 7.20. The van der Waals surface area contributed by atoms with E-state index >= 15 is 0 Å². The van der Waals surface area contributed by atoms with Crippen LogP contribution < -0.4 is 10.5 Å². The van der Waals surface area contributed by atoms with Gasteiger partial charge in [-0.25, -0.2) is 4.98 Å². The van der Waals surface area contributed by atoms with Gasteiger partial charge in [0, 0.05) is 11.7 Å². The standard InChI is InChI=1S/C15H21N3O/c1-11(2)8-14(16)15-9-17-10-18(15)12-4-6-13(19-3)7-5-12/h4-7,9-11,14H,8,16H2,1-3H3. The highest BCUT2D eigenvalue weighted by Crippen LogP contribution is 2.22. The van der Waals surface area contributed by atoms with Gasteiger partial charge in [0.05, 0.1) is 25.3 Å². The maximum atomic E-state index is 6.25. The molecule has 4 heteroatoms. The molecule has 0 saturated carbocycles. The van der Waals surface area contributed by atoms with Crippen LogP contribution in [0.5, 0.6) is 5.75 Å². The van der Waals surface area contributed by atoms with Crippen molar-refractivity contribution in [3.8, 4) is 11.4 Å². The van der Waals surface area contributed by atoms with Crippen molar-refractivity contribution in [1.29, 1.82) is 0 Å². The molecule has 1 aromatic heterocycles.